The second-order valence-corrected chi connectivity index (χ2v) is 7.38. The highest BCUT2D eigenvalue weighted by molar-refractivity contribution is 7.89. The fourth-order valence-electron chi connectivity index (χ4n) is 2.16. The number of benzene rings is 1. The number of unbranched alkanes of at least 4 members (excludes halogenated alkanes) is 1. The first kappa shape index (κ1) is 21.3. The van der Waals surface area contributed by atoms with Crippen molar-refractivity contribution in [2.75, 3.05) is 13.7 Å². The van der Waals surface area contributed by atoms with Gasteiger partial charge in [-0.1, -0.05) is 0 Å². The van der Waals surface area contributed by atoms with E-state index < -0.39 is 20.9 Å². The third kappa shape index (κ3) is 6.28. The normalized spacial score (nSPS) is 11.0. The molecule has 0 spiro atoms. The molecule has 1 heterocycles. The van der Waals surface area contributed by atoms with Crippen molar-refractivity contribution in [2.24, 2.45) is 0 Å². The molecule has 0 saturated carbocycles. The number of ether oxygens (including phenoxy) is 2. The highest BCUT2D eigenvalue weighted by atomic mass is 32.2. The van der Waals surface area contributed by atoms with Crippen LogP contribution in [0.15, 0.2) is 47.5 Å². The Morgan fingerprint density at radius 1 is 1.18 bits per heavy atom. The molecule has 0 aliphatic heterocycles. The molecule has 0 fully saturated rings. The molecule has 0 aliphatic carbocycles. The summed E-state index contributed by atoms with van der Waals surface area (Å²) in [7, 11) is -2.29. The maximum absolute atomic E-state index is 12.1. The lowest BCUT2D eigenvalue weighted by molar-refractivity contribution is -0.384. The minimum Gasteiger partial charge on any atom is -0.481 e. The first-order valence-corrected chi connectivity index (χ1v) is 9.75. The molecule has 0 saturated heterocycles. The van der Waals surface area contributed by atoms with Gasteiger partial charge in [0.1, 0.15) is 5.75 Å². The smallest absolute Gasteiger partial charge is 0.311 e. The van der Waals surface area contributed by atoms with E-state index in [0.29, 0.717) is 24.5 Å². The van der Waals surface area contributed by atoms with Crippen LogP contribution in [0.2, 0.25) is 0 Å². The molecule has 1 N–H and O–H groups in total. The first-order chi connectivity index (χ1) is 13.3. The number of nitro groups is 1. The van der Waals surface area contributed by atoms with Crippen LogP contribution in [0.25, 0.3) is 0 Å². The van der Waals surface area contributed by atoms with E-state index in [4.69, 9.17) is 9.47 Å². The first-order valence-electron chi connectivity index (χ1n) is 8.26. The highest BCUT2D eigenvalue weighted by Gasteiger charge is 2.15. The molecule has 0 atom stereocenters. The summed E-state index contributed by atoms with van der Waals surface area (Å²) in [4.78, 5) is 25.6. The second-order valence-electron chi connectivity index (χ2n) is 5.62. The summed E-state index contributed by atoms with van der Waals surface area (Å²) in [6, 6.07) is 7.70. The van der Waals surface area contributed by atoms with Gasteiger partial charge in [0.25, 0.3) is 5.69 Å². The van der Waals surface area contributed by atoms with Gasteiger partial charge in [-0.15, -0.1) is 0 Å². The van der Waals surface area contributed by atoms with E-state index in [-0.39, 0.29) is 23.5 Å². The molecule has 28 heavy (non-hydrogen) atoms. The SMILES string of the molecule is COc1ccc(OC(=O)CCCCNS(=O)(=O)c2ccc([N+](=O)[O-])cc2)cn1. The Bertz CT molecular complexity index is 913. The van der Waals surface area contributed by atoms with E-state index in [1.807, 2.05) is 0 Å². The number of non-ortho nitro benzene ring substituents is 1. The molecule has 0 aliphatic rings. The van der Waals surface area contributed by atoms with Gasteiger partial charge in [0.15, 0.2) is 0 Å². The average Bonchev–Trinajstić information content (AvgIpc) is 2.68. The summed E-state index contributed by atoms with van der Waals surface area (Å²) in [6.45, 7) is 0.122. The van der Waals surface area contributed by atoms with E-state index >= 15 is 0 Å². The lowest BCUT2D eigenvalue weighted by Crippen LogP contribution is -2.25. The van der Waals surface area contributed by atoms with E-state index in [1.165, 1.54) is 25.4 Å². The zero-order valence-electron chi connectivity index (χ0n) is 15.0. The van der Waals surface area contributed by atoms with Gasteiger partial charge in [0.2, 0.25) is 15.9 Å². The van der Waals surface area contributed by atoms with Crippen LogP contribution in [0, 0.1) is 10.1 Å². The number of pyridine rings is 1. The number of nitro benzene ring substituents is 1. The fraction of sp³-hybridized carbons (Fsp3) is 0.294. The number of esters is 1. The van der Waals surface area contributed by atoms with E-state index in [1.54, 1.807) is 12.1 Å². The van der Waals surface area contributed by atoms with Crippen molar-refractivity contribution in [3.05, 3.63) is 52.7 Å². The Kier molecular flexibility index (Phi) is 7.41. The Hall–Kier alpha value is -3.05. The number of methoxy groups -OCH3 is 1. The molecule has 10 nitrogen and oxygen atoms in total. The third-order valence-electron chi connectivity index (χ3n) is 3.61. The molecular formula is C17H19N3O7S. The van der Waals surface area contributed by atoms with Gasteiger partial charge in [-0.2, -0.15) is 0 Å². The fourth-order valence-corrected chi connectivity index (χ4v) is 3.24. The number of rotatable bonds is 10. The van der Waals surface area contributed by atoms with Crippen LogP contribution in [0.1, 0.15) is 19.3 Å². The van der Waals surface area contributed by atoms with Crippen LogP contribution in [0.3, 0.4) is 0 Å². The van der Waals surface area contributed by atoms with Crippen molar-refractivity contribution >= 4 is 21.7 Å². The van der Waals surface area contributed by atoms with Gasteiger partial charge in [0.05, 0.1) is 23.1 Å². The van der Waals surface area contributed by atoms with Crippen LogP contribution >= 0.6 is 0 Å². The Morgan fingerprint density at radius 2 is 1.89 bits per heavy atom. The molecule has 150 valence electrons. The maximum atomic E-state index is 12.1. The molecule has 0 radical (unpaired) electrons. The number of carbonyl (C=O) groups excluding carboxylic acids is 1. The molecule has 0 amide bonds. The summed E-state index contributed by atoms with van der Waals surface area (Å²) in [5, 5.41) is 10.6. The number of aromatic nitrogens is 1. The third-order valence-corrected chi connectivity index (χ3v) is 5.08. The van der Waals surface area contributed by atoms with Crippen LogP contribution in [0.4, 0.5) is 5.69 Å². The largest absolute Gasteiger partial charge is 0.481 e. The van der Waals surface area contributed by atoms with Crippen molar-refractivity contribution in [2.45, 2.75) is 24.2 Å². The second kappa shape index (κ2) is 9.76. The Labute approximate surface area is 161 Å². The van der Waals surface area contributed by atoms with Gasteiger partial charge in [-0.3, -0.25) is 14.9 Å². The van der Waals surface area contributed by atoms with Crippen molar-refractivity contribution < 1.29 is 27.6 Å². The quantitative estimate of drug-likeness (QED) is 0.272. The molecule has 2 rings (SSSR count). The van der Waals surface area contributed by atoms with Gasteiger partial charge in [0, 0.05) is 31.2 Å². The standard InChI is InChI=1S/C17H19N3O7S/c1-26-16-10-7-14(12-18-16)27-17(21)4-2-3-11-19-28(24,25)15-8-5-13(6-9-15)20(22)23/h5-10,12,19H,2-4,11H2,1H3. The molecule has 2 aromatic rings. The van der Waals surface area contributed by atoms with Crippen molar-refractivity contribution in [3.63, 3.8) is 0 Å². The monoisotopic (exact) mass is 409 g/mol. The zero-order chi connectivity index (χ0) is 20.6. The van der Waals surface area contributed by atoms with Crippen molar-refractivity contribution in [1.82, 2.24) is 9.71 Å². The van der Waals surface area contributed by atoms with Gasteiger partial charge in [-0.25, -0.2) is 18.1 Å². The number of hydrogen-bond acceptors (Lipinski definition) is 8. The number of carbonyl (C=O) groups is 1. The van der Waals surface area contributed by atoms with Gasteiger partial charge >= 0.3 is 5.97 Å². The summed E-state index contributed by atoms with van der Waals surface area (Å²) < 4.78 is 36.6. The lowest BCUT2D eigenvalue weighted by Gasteiger charge is -2.07. The highest BCUT2D eigenvalue weighted by Crippen LogP contribution is 2.16. The van der Waals surface area contributed by atoms with Gasteiger partial charge < -0.3 is 9.47 Å². The number of sulfonamides is 1. The number of nitrogens with zero attached hydrogens (tertiary/aromatic N) is 2. The van der Waals surface area contributed by atoms with E-state index in [2.05, 4.69) is 9.71 Å². The Balaban J connectivity index is 1.72. The predicted octanol–water partition coefficient (Wildman–Crippen LogP) is 2.05. The lowest BCUT2D eigenvalue weighted by atomic mass is 10.2. The molecule has 11 heteroatoms. The number of hydrogen-bond donors (Lipinski definition) is 1. The van der Waals surface area contributed by atoms with Crippen LogP contribution < -0.4 is 14.2 Å². The van der Waals surface area contributed by atoms with E-state index in [0.717, 1.165) is 12.1 Å². The maximum Gasteiger partial charge on any atom is 0.311 e. The molecule has 0 bridgehead atoms. The molecule has 1 aromatic heterocycles. The average molecular weight is 409 g/mol. The molecule has 0 unspecified atom stereocenters. The van der Waals surface area contributed by atoms with Crippen LogP contribution in [0.5, 0.6) is 11.6 Å². The van der Waals surface area contributed by atoms with Crippen LogP contribution in [-0.2, 0) is 14.8 Å². The topological polar surface area (TPSA) is 138 Å². The molecule has 1 aromatic carbocycles. The summed E-state index contributed by atoms with van der Waals surface area (Å²) in [5.41, 5.74) is -0.190. The summed E-state index contributed by atoms with van der Waals surface area (Å²) in [5.74, 6) is 0.245. The minimum absolute atomic E-state index is 0.0653. The minimum atomic E-state index is -3.77. The van der Waals surface area contributed by atoms with E-state index in [9.17, 15) is 23.3 Å². The molecular weight excluding hydrogens is 390 g/mol. The van der Waals surface area contributed by atoms with Gasteiger partial charge in [-0.05, 0) is 31.0 Å². The van der Waals surface area contributed by atoms with Crippen LogP contribution in [-0.4, -0.2) is 37.9 Å². The predicted molar refractivity (Wildman–Crippen MR) is 98.6 cm³/mol. The van der Waals surface area contributed by atoms with Crippen molar-refractivity contribution in [1.29, 1.82) is 0 Å². The number of nitrogens with one attached hydrogen (secondary N) is 1. The Morgan fingerprint density at radius 3 is 2.46 bits per heavy atom. The summed E-state index contributed by atoms with van der Waals surface area (Å²) in [6.07, 6.45) is 2.33. The zero-order valence-corrected chi connectivity index (χ0v) is 15.8. The summed E-state index contributed by atoms with van der Waals surface area (Å²) >= 11 is 0. The van der Waals surface area contributed by atoms with Crippen molar-refractivity contribution in [3.8, 4) is 11.6 Å².